The van der Waals surface area contributed by atoms with Gasteiger partial charge in [0.15, 0.2) is 5.82 Å². The second-order valence-corrected chi connectivity index (χ2v) is 4.14. The predicted molar refractivity (Wildman–Crippen MR) is 73.7 cm³/mol. The van der Waals surface area contributed by atoms with Crippen molar-refractivity contribution in [2.75, 3.05) is 10.7 Å². The molecule has 0 saturated carbocycles. The molecule has 0 saturated heterocycles. The lowest BCUT2D eigenvalue weighted by molar-refractivity contribution is 0.388. The molecule has 1 aromatic carbocycles. The molecule has 3 aromatic rings. The van der Waals surface area contributed by atoms with Gasteiger partial charge < -0.3 is 9.84 Å². The summed E-state index contributed by atoms with van der Waals surface area (Å²) in [6.07, 6.45) is 0. The Morgan fingerprint density at radius 2 is 2.05 bits per heavy atom. The summed E-state index contributed by atoms with van der Waals surface area (Å²) in [6.45, 7) is 2.15. The molecule has 8 heteroatoms. The number of anilines is 2. The molecule has 0 amide bonds. The Morgan fingerprint density at radius 3 is 2.80 bits per heavy atom. The van der Waals surface area contributed by atoms with Crippen LogP contribution in [0.15, 0.2) is 28.8 Å². The summed E-state index contributed by atoms with van der Waals surface area (Å²) in [7, 11) is 0. The fraction of sp³-hybridized carbons (Fsp3) is 0.167. The number of nitrogens with zero attached hydrogens (tertiary/aromatic N) is 4. The molecule has 0 unspecified atom stereocenters. The van der Waals surface area contributed by atoms with Crippen LogP contribution < -0.4 is 16.6 Å². The van der Waals surface area contributed by atoms with Gasteiger partial charge in [-0.3, -0.25) is 5.43 Å². The maximum Gasteiger partial charge on any atom is 0.239 e. The molecule has 8 nitrogen and oxygen atoms in total. The van der Waals surface area contributed by atoms with Gasteiger partial charge in [-0.25, -0.2) is 10.8 Å². The molecule has 0 radical (unpaired) electrons. The first-order chi connectivity index (χ1) is 9.76. The third-order valence-electron chi connectivity index (χ3n) is 2.72. The smallest absolute Gasteiger partial charge is 0.239 e. The molecule has 0 atom stereocenters. The van der Waals surface area contributed by atoms with Crippen LogP contribution >= 0.6 is 0 Å². The topological polar surface area (TPSA) is 115 Å². The van der Waals surface area contributed by atoms with E-state index in [1.165, 1.54) is 0 Å². The van der Waals surface area contributed by atoms with Crippen LogP contribution in [0.4, 0.5) is 11.8 Å². The minimum Gasteiger partial charge on any atom is -0.362 e. The summed E-state index contributed by atoms with van der Waals surface area (Å²) in [5, 5.41) is 7.88. The van der Waals surface area contributed by atoms with Crippen LogP contribution in [0.2, 0.25) is 0 Å². The molecule has 0 spiro atoms. The number of fused-ring (bicyclic) bond motifs is 1. The van der Waals surface area contributed by atoms with Gasteiger partial charge >= 0.3 is 0 Å². The van der Waals surface area contributed by atoms with E-state index in [4.69, 9.17) is 10.4 Å². The molecule has 2 heterocycles. The zero-order chi connectivity index (χ0) is 13.9. The third-order valence-corrected chi connectivity index (χ3v) is 2.72. The van der Waals surface area contributed by atoms with Gasteiger partial charge in [0.1, 0.15) is 5.82 Å². The van der Waals surface area contributed by atoms with E-state index in [9.17, 15) is 0 Å². The number of nitrogens with two attached hydrogens (primary N) is 1. The monoisotopic (exact) mass is 271 g/mol. The van der Waals surface area contributed by atoms with E-state index in [-0.39, 0.29) is 0 Å². The molecule has 4 N–H and O–H groups in total. The highest BCUT2D eigenvalue weighted by molar-refractivity contribution is 5.89. The third kappa shape index (κ3) is 2.36. The zero-order valence-electron chi connectivity index (χ0n) is 10.8. The second-order valence-electron chi connectivity index (χ2n) is 4.14. The van der Waals surface area contributed by atoms with Crippen molar-refractivity contribution in [2.45, 2.75) is 13.5 Å². The van der Waals surface area contributed by atoms with Crippen molar-refractivity contribution in [3.63, 3.8) is 0 Å². The van der Waals surface area contributed by atoms with Crippen molar-refractivity contribution in [1.29, 1.82) is 0 Å². The van der Waals surface area contributed by atoms with Crippen LogP contribution in [-0.4, -0.2) is 20.1 Å². The maximum absolute atomic E-state index is 5.38. The number of hydrazine groups is 1. The van der Waals surface area contributed by atoms with Crippen LogP contribution in [0.5, 0.6) is 0 Å². The molecular weight excluding hydrogens is 258 g/mol. The van der Waals surface area contributed by atoms with E-state index in [0.717, 1.165) is 10.9 Å². The van der Waals surface area contributed by atoms with Gasteiger partial charge in [0, 0.05) is 12.3 Å². The molecular formula is C12H13N7O. The average Bonchev–Trinajstić information content (AvgIpc) is 2.90. The quantitative estimate of drug-likeness (QED) is 0.479. The Balaban J connectivity index is 1.93. The van der Waals surface area contributed by atoms with Gasteiger partial charge in [0.05, 0.1) is 12.1 Å². The van der Waals surface area contributed by atoms with Crippen molar-refractivity contribution < 1.29 is 4.52 Å². The molecule has 0 aliphatic carbocycles. The van der Waals surface area contributed by atoms with E-state index >= 15 is 0 Å². The van der Waals surface area contributed by atoms with Gasteiger partial charge in [-0.1, -0.05) is 17.3 Å². The van der Waals surface area contributed by atoms with Crippen molar-refractivity contribution >= 4 is 22.7 Å². The molecule has 0 fully saturated rings. The fourth-order valence-electron chi connectivity index (χ4n) is 1.85. The molecule has 2 aromatic heterocycles. The lowest BCUT2D eigenvalue weighted by atomic mass is 10.2. The number of benzene rings is 1. The highest BCUT2D eigenvalue weighted by atomic mass is 16.5. The van der Waals surface area contributed by atoms with Crippen LogP contribution in [0.25, 0.3) is 10.9 Å². The molecule has 0 aliphatic rings. The Labute approximate surface area is 114 Å². The van der Waals surface area contributed by atoms with Crippen molar-refractivity contribution in [1.82, 2.24) is 20.1 Å². The first-order valence-corrected chi connectivity index (χ1v) is 6.03. The van der Waals surface area contributed by atoms with E-state index in [2.05, 4.69) is 30.9 Å². The number of rotatable bonds is 4. The van der Waals surface area contributed by atoms with Crippen LogP contribution in [0, 0.1) is 6.92 Å². The van der Waals surface area contributed by atoms with Gasteiger partial charge in [-0.05, 0) is 12.1 Å². The number of hydrogen-bond acceptors (Lipinski definition) is 8. The highest BCUT2D eigenvalue weighted by Crippen LogP contribution is 2.21. The molecule has 0 bridgehead atoms. The summed E-state index contributed by atoms with van der Waals surface area (Å²) < 4.78 is 4.92. The van der Waals surface area contributed by atoms with E-state index < -0.39 is 0 Å². The molecule has 102 valence electrons. The van der Waals surface area contributed by atoms with E-state index in [0.29, 0.717) is 30.0 Å². The second kappa shape index (κ2) is 5.10. The number of hydrogen-bond donors (Lipinski definition) is 3. The van der Waals surface area contributed by atoms with Gasteiger partial charge in [-0.15, -0.1) is 0 Å². The predicted octanol–water partition coefficient (Wildman–Crippen LogP) is 1.22. The SMILES string of the molecule is Cc1nc(CNc2nc(NN)nc3ccccc23)no1. The van der Waals surface area contributed by atoms with Crippen molar-refractivity contribution in [3.05, 3.63) is 36.0 Å². The van der Waals surface area contributed by atoms with Crippen LogP contribution in [0.3, 0.4) is 0 Å². The number of para-hydroxylation sites is 1. The summed E-state index contributed by atoms with van der Waals surface area (Å²) >= 11 is 0. The lowest BCUT2D eigenvalue weighted by Crippen LogP contribution is -2.12. The Hall–Kier alpha value is -2.74. The standard InChI is InChI=1S/C12H13N7O/c1-7-15-10(19-20-7)6-14-11-8-4-2-3-5-9(8)16-12(17-11)18-13/h2-5H,6,13H2,1H3,(H2,14,16,17,18). The molecule has 3 rings (SSSR count). The Kier molecular flexibility index (Phi) is 3.13. The summed E-state index contributed by atoms with van der Waals surface area (Å²) in [6, 6.07) is 7.65. The molecule has 20 heavy (non-hydrogen) atoms. The van der Waals surface area contributed by atoms with Gasteiger partial charge in [-0.2, -0.15) is 9.97 Å². The normalized spacial score (nSPS) is 10.7. The van der Waals surface area contributed by atoms with E-state index in [1.807, 2.05) is 24.3 Å². The first-order valence-electron chi connectivity index (χ1n) is 6.03. The Morgan fingerprint density at radius 1 is 1.20 bits per heavy atom. The van der Waals surface area contributed by atoms with Gasteiger partial charge in [0.25, 0.3) is 0 Å². The van der Waals surface area contributed by atoms with E-state index in [1.54, 1.807) is 6.92 Å². The fourth-order valence-corrected chi connectivity index (χ4v) is 1.85. The number of nitrogens with one attached hydrogen (secondary N) is 2. The number of aromatic nitrogens is 4. The minimum atomic E-state index is 0.343. The number of nitrogen functional groups attached to an aromatic ring is 1. The van der Waals surface area contributed by atoms with Crippen molar-refractivity contribution in [2.24, 2.45) is 5.84 Å². The minimum absolute atomic E-state index is 0.343. The zero-order valence-corrected chi connectivity index (χ0v) is 10.8. The van der Waals surface area contributed by atoms with Crippen LogP contribution in [-0.2, 0) is 6.54 Å². The van der Waals surface area contributed by atoms with Crippen LogP contribution in [0.1, 0.15) is 11.7 Å². The first kappa shape index (κ1) is 12.3. The average molecular weight is 271 g/mol. The highest BCUT2D eigenvalue weighted by Gasteiger charge is 2.08. The summed E-state index contributed by atoms with van der Waals surface area (Å²) in [4.78, 5) is 12.7. The largest absolute Gasteiger partial charge is 0.362 e. The van der Waals surface area contributed by atoms with Gasteiger partial charge in [0.2, 0.25) is 11.8 Å². The number of aryl methyl sites for hydroxylation is 1. The molecule has 0 aliphatic heterocycles. The van der Waals surface area contributed by atoms with Crippen molar-refractivity contribution in [3.8, 4) is 0 Å². The summed E-state index contributed by atoms with van der Waals surface area (Å²) in [5.74, 6) is 7.47. The maximum atomic E-state index is 5.38. The summed E-state index contributed by atoms with van der Waals surface area (Å²) in [5.41, 5.74) is 3.24. The Bertz CT molecular complexity index is 740. The lowest BCUT2D eigenvalue weighted by Gasteiger charge is -2.08.